The van der Waals surface area contributed by atoms with E-state index in [4.69, 9.17) is 0 Å². The van der Waals surface area contributed by atoms with Crippen molar-refractivity contribution in [2.45, 2.75) is 25.2 Å². The number of fused-ring (bicyclic) bond motifs is 5. The second kappa shape index (κ2) is 5.11. The van der Waals surface area contributed by atoms with Gasteiger partial charge in [0.15, 0.2) is 0 Å². The molecule has 4 nitrogen and oxygen atoms in total. The zero-order valence-corrected chi connectivity index (χ0v) is 12.4. The van der Waals surface area contributed by atoms with Crippen molar-refractivity contribution in [3.63, 3.8) is 0 Å². The summed E-state index contributed by atoms with van der Waals surface area (Å²) in [4.78, 5) is 23.8. The van der Waals surface area contributed by atoms with Crippen LogP contribution in [0.2, 0.25) is 0 Å². The summed E-state index contributed by atoms with van der Waals surface area (Å²) in [5.74, 6) is 1.40. The molecule has 0 radical (unpaired) electrons. The highest BCUT2D eigenvalue weighted by Crippen LogP contribution is 2.69. The number of hydrogen-bond donors (Lipinski definition) is 2. The lowest BCUT2D eigenvalue weighted by Crippen LogP contribution is -2.34. The first-order valence-corrected chi connectivity index (χ1v) is 8.22. The smallest absolute Gasteiger partial charge is 0.312 e. The Kier molecular flexibility index (Phi) is 3.21. The van der Waals surface area contributed by atoms with Gasteiger partial charge in [-0.05, 0) is 48.5 Å². The summed E-state index contributed by atoms with van der Waals surface area (Å²) in [6, 6.07) is 9.13. The predicted octanol–water partition coefficient (Wildman–Crippen LogP) is 2.26. The summed E-state index contributed by atoms with van der Waals surface area (Å²) in [7, 11) is 0. The fraction of sp³-hybridized carbons (Fsp3) is 0.556. The Morgan fingerprint density at radius 3 is 2.36 bits per heavy atom. The van der Waals surface area contributed by atoms with E-state index in [1.54, 1.807) is 12.1 Å². The highest BCUT2D eigenvalue weighted by molar-refractivity contribution is 5.84. The standard InChI is InChI=1S/C18H21NO3/c20-17(16-14-11-6-7-12(8-11)15(14)16)19-9-13(18(21)22)10-4-2-1-3-5-10/h1-5,11-16H,6-9H2,(H,19,20)(H,21,22). The van der Waals surface area contributed by atoms with Crippen LogP contribution in [0.4, 0.5) is 0 Å². The van der Waals surface area contributed by atoms with Crippen LogP contribution >= 0.6 is 0 Å². The fourth-order valence-electron chi connectivity index (χ4n) is 5.03. The summed E-state index contributed by atoms with van der Waals surface area (Å²) in [5.41, 5.74) is 0.742. The number of amides is 1. The SMILES string of the molecule is O=C(O)C(CNC(=O)C1C2C3CCC(C3)C12)c1ccccc1. The third kappa shape index (κ3) is 2.13. The maximum atomic E-state index is 12.4. The van der Waals surface area contributed by atoms with E-state index in [1.165, 1.54) is 19.3 Å². The molecule has 0 aliphatic heterocycles. The number of carboxylic acids is 1. The van der Waals surface area contributed by atoms with Crippen molar-refractivity contribution in [2.24, 2.45) is 29.6 Å². The average Bonchev–Trinajstić information content (AvgIpc) is 2.96. The molecule has 3 saturated carbocycles. The highest BCUT2D eigenvalue weighted by Gasteiger charge is 2.67. The topological polar surface area (TPSA) is 66.4 Å². The molecule has 0 spiro atoms. The molecule has 3 aliphatic carbocycles. The van der Waals surface area contributed by atoms with Crippen molar-refractivity contribution >= 4 is 11.9 Å². The minimum atomic E-state index is -0.887. The van der Waals surface area contributed by atoms with E-state index in [0.29, 0.717) is 11.8 Å². The summed E-state index contributed by atoms with van der Waals surface area (Å²) in [5, 5.41) is 12.3. The molecule has 1 aromatic carbocycles. The lowest BCUT2D eigenvalue weighted by Gasteiger charge is -2.15. The first-order valence-electron chi connectivity index (χ1n) is 8.22. The van der Waals surface area contributed by atoms with E-state index in [-0.39, 0.29) is 18.4 Å². The summed E-state index contributed by atoms with van der Waals surface area (Å²) in [6.45, 7) is 0.184. The van der Waals surface area contributed by atoms with Gasteiger partial charge in [0.1, 0.15) is 0 Å². The van der Waals surface area contributed by atoms with Crippen LogP contribution in [-0.2, 0) is 9.59 Å². The number of carboxylic acid groups (broad SMARTS) is 1. The molecule has 1 amide bonds. The van der Waals surface area contributed by atoms with Gasteiger partial charge in [0.05, 0.1) is 5.92 Å². The molecule has 5 atom stereocenters. The normalized spacial score (nSPS) is 35.7. The molecule has 2 bridgehead atoms. The molecule has 0 aromatic heterocycles. The predicted molar refractivity (Wildman–Crippen MR) is 81.1 cm³/mol. The van der Waals surface area contributed by atoms with Gasteiger partial charge in [-0.3, -0.25) is 9.59 Å². The van der Waals surface area contributed by atoms with Gasteiger partial charge < -0.3 is 10.4 Å². The summed E-state index contributed by atoms with van der Waals surface area (Å²) in [6.07, 6.45) is 3.90. The van der Waals surface area contributed by atoms with E-state index in [1.807, 2.05) is 18.2 Å². The second-order valence-corrected chi connectivity index (χ2v) is 7.06. The Hall–Kier alpha value is -1.84. The molecule has 0 saturated heterocycles. The number of hydrogen-bond acceptors (Lipinski definition) is 2. The molecule has 116 valence electrons. The van der Waals surface area contributed by atoms with Crippen LogP contribution in [0.15, 0.2) is 30.3 Å². The van der Waals surface area contributed by atoms with Crippen molar-refractivity contribution in [3.8, 4) is 0 Å². The zero-order valence-electron chi connectivity index (χ0n) is 12.4. The Morgan fingerprint density at radius 1 is 1.14 bits per heavy atom. The van der Waals surface area contributed by atoms with E-state index in [2.05, 4.69) is 5.32 Å². The van der Waals surface area contributed by atoms with Crippen LogP contribution < -0.4 is 5.32 Å². The molecule has 3 aliphatic rings. The van der Waals surface area contributed by atoms with Crippen LogP contribution in [0, 0.1) is 29.6 Å². The van der Waals surface area contributed by atoms with E-state index < -0.39 is 11.9 Å². The van der Waals surface area contributed by atoms with E-state index in [9.17, 15) is 14.7 Å². The largest absolute Gasteiger partial charge is 0.481 e. The number of nitrogens with one attached hydrogen (secondary N) is 1. The maximum Gasteiger partial charge on any atom is 0.312 e. The number of benzene rings is 1. The Balaban J connectivity index is 1.38. The molecule has 1 aromatic rings. The van der Waals surface area contributed by atoms with Crippen molar-refractivity contribution in [1.82, 2.24) is 5.32 Å². The Labute approximate surface area is 129 Å². The lowest BCUT2D eigenvalue weighted by molar-refractivity contribution is -0.138. The zero-order chi connectivity index (χ0) is 15.3. The molecule has 22 heavy (non-hydrogen) atoms. The average molecular weight is 299 g/mol. The van der Waals surface area contributed by atoms with Crippen molar-refractivity contribution in [2.75, 3.05) is 6.54 Å². The molecule has 3 fully saturated rings. The Bertz CT molecular complexity index is 584. The van der Waals surface area contributed by atoms with Crippen molar-refractivity contribution in [1.29, 1.82) is 0 Å². The van der Waals surface area contributed by atoms with Gasteiger partial charge in [0.2, 0.25) is 5.91 Å². The number of rotatable bonds is 5. The van der Waals surface area contributed by atoms with Crippen LogP contribution in [0.5, 0.6) is 0 Å². The molecule has 4 rings (SSSR count). The quantitative estimate of drug-likeness (QED) is 0.876. The van der Waals surface area contributed by atoms with Crippen LogP contribution in [-0.4, -0.2) is 23.5 Å². The second-order valence-electron chi connectivity index (χ2n) is 7.06. The van der Waals surface area contributed by atoms with Gasteiger partial charge in [-0.1, -0.05) is 30.3 Å². The van der Waals surface area contributed by atoms with Crippen molar-refractivity contribution in [3.05, 3.63) is 35.9 Å². The molecule has 2 N–H and O–H groups in total. The van der Waals surface area contributed by atoms with Crippen molar-refractivity contribution < 1.29 is 14.7 Å². The monoisotopic (exact) mass is 299 g/mol. The molecular weight excluding hydrogens is 278 g/mol. The van der Waals surface area contributed by atoms with E-state index >= 15 is 0 Å². The molecule has 0 heterocycles. The first-order chi connectivity index (χ1) is 10.7. The fourth-order valence-corrected chi connectivity index (χ4v) is 5.03. The highest BCUT2D eigenvalue weighted by atomic mass is 16.4. The maximum absolute atomic E-state index is 12.4. The summed E-state index contributed by atoms with van der Waals surface area (Å²) >= 11 is 0. The van der Waals surface area contributed by atoms with Crippen LogP contribution in [0.1, 0.15) is 30.7 Å². The summed E-state index contributed by atoms with van der Waals surface area (Å²) < 4.78 is 0. The van der Waals surface area contributed by atoms with E-state index in [0.717, 1.165) is 17.4 Å². The Morgan fingerprint density at radius 2 is 1.77 bits per heavy atom. The van der Waals surface area contributed by atoms with Gasteiger partial charge in [0.25, 0.3) is 0 Å². The van der Waals surface area contributed by atoms with Gasteiger partial charge in [-0.15, -0.1) is 0 Å². The van der Waals surface area contributed by atoms with Gasteiger partial charge >= 0.3 is 5.97 Å². The third-order valence-electron chi connectivity index (χ3n) is 6.02. The lowest BCUT2D eigenvalue weighted by atomic mass is 9.98. The minimum Gasteiger partial charge on any atom is -0.481 e. The molecule has 5 unspecified atom stereocenters. The van der Waals surface area contributed by atoms with Gasteiger partial charge in [-0.2, -0.15) is 0 Å². The first kappa shape index (κ1) is 13.8. The third-order valence-corrected chi connectivity index (χ3v) is 6.02. The number of carbonyl (C=O) groups excluding carboxylic acids is 1. The minimum absolute atomic E-state index is 0.0776. The molecule has 4 heteroatoms. The molecular formula is C18H21NO3. The van der Waals surface area contributed by atoms with Crippen LogP contribution in [0.25, 0.3) is 0 Å². The number of carbonyl (C=O) groups is 2. The van der Waals surface area contributed by atoms with Gasteiger partial charge in [0, 0.05) is 12.5 Å². The van der Waals surface area contributed by atoms with Crippen LogP contribution in [0.3, 0.4) is 0 Å². The number of aliphatic carboxylic acids is 1. The van der Waals surface area contributed by atoms with Gasteiger partial charge in [-0.25, -0.2) is 0 Å².